The number of hydrogen-bond acceptors (Lipinski definition) is 5. The molecule has 1 atom stereocenters. The standard InChI is InChI=1S/C19H34N2O3.C2HF3O2/c1-23-11-9-20-10-12-24-16-19(14-20)7-4-8-21(15-19)18(22)13-17-5-2-3-6-17;3-2(4,5)1(6)7/h17H,2-16H2,1H3;(H,6,7). The summed E-state index contributed by atoms with van der Waals surface area (Å²) < 4.78 is 42.9. The molecular weight excluding hydrogens is 417 g/mol. The third kappa shape index (κ3) is 8.57. The summed E-state index contributed by atoms with van der Waals surface area (Å²) in [5.41, 5.74) is 0.119. The summed E-state index contributed by atoms with van der Waals surface area (Å²) in [5, 5.41) is 7.12. The second kappa shape index (κ2) is 12.0. The van der Waals surface area contributed by atoms with Crippen LogP contribution in [-0.4, -0.2) is 92.6 Å². The molecular formula is C21H35F3N2O5. The van der Waals surface area contributed by atoms with Gasteiger partial charge in [-0.25, -0.2) is 4.79 Å². The Morgan fingerprint density at radius 1 is 1.16 bits per heavy atom. The number of carbonyl (C=O) groups excluding carboxylic acids is 1. The Morgan fingerprint density at radius 2 is 1.84 bits per heavy atom. The Morgan fingerprint density at radius 3 is 2.45 bits per heavy atom. The van der Waals surface area contributed by atoms with Gasteiger partial charge in [0, 0.05) is 51.7 Å². The first-order chi connectivity index (χ1) is 14.6. The number of hydrogen-bond donors (Lipinski definition) is 1. The van der Waals surface area contributed by atoms with Gasteiger partial charge in [0.2, 0.25) is 5.91 Å². The molecule has 3 fully saturated rings. The van der Waals surface area contributed by atoms with E-state index in [1.54, 1.807) is 7.11 Å². The zero-order valence-electron chi connectivity index (χ0n) is 18.3. The van der Waals surface area contributed by atoms with Gasteiger partial charge in [-0.3, -0.25) is 9.69 Å². The van der Waals surface area contributed by atoms with Gasteiger partial charge in [-0.15, -0.1) is 0 Å². The van der Waals surface area contributed by atoms with Crippen molar-refractivity contribution in [3.63, 3.8) is 0 Å². The van der Waals surface area contributed by atoms with Crippen molar-refractivity contribution in [2.24, 2.45) is 11.3 Å². The number of methoxy groups -OCH3 is 1. The summed E-state index contributed by atoms with van der Waals surface area (Å²) in [4.78, 5) is 26.3. The predicted molar refractivity (Wildman–Crippen MR) is 108 cm³/mol. The first-order valence-corrected chi connectivity index (χ1v) is 11.0. The van der Waals surface area contributed by atoms with Crippen LogP contribution in [0.4, 0.5) is 13.2 Å². The van der Waals surface area contributed by atoms with Crippen LogP contribution < -0.4 is 0 Å². The monoisotopic (exact) mass is 452 g/mol. The van der Waals surface area contributed by atoms with E-state index < -0.39 is 12.1 Å². The van der Waals surface area contributed by atoms with Crippen molar-refractivity contribution in [2.45, 2.75) is 51.1 Å². The molecule has 2 heterocycles. The van der Waals surface area contributed by atoms with Gasteiger partial charge in [0.15, 0.2) is 0 Å². The van der Waals surface area contributed by atoms with Gasteiger partial charge < -0.3 is 19.5 Å². The lowest BCUT2D eigenvalue weighted by molar-refractivity contribution is -0.192. The number of carboxylic acids is 1. The van der Waals surface area contributed by atoms with Crippen molar-refractivity contribution < 1.29 is 37.3 Å². The number of ether oxygens (including phenoxy) is 2. The number of likely N-dealkylation sites (tertiary alicyclic amines) is 1. The molecule has 0 radical (unpaired) electrons. The minimum atomic E-state index is -5.08. The van der Waals surface area contributed by atoms with Crippen LogP contribution in [-0.2, 0) is 19.1 Å². The molecule has 0 aromatic carbocycles. The van der Waals surface area contributed by atoms with E-state index in [9.17, 15) is 18.0 Å². The summed E-state index contributed by atoms with van der Waals surface area (Å²) in [5.74, 6) is -1.74. The molecule has 7 nitrogen and oxygen atoms in total. The molecule has 1 N–H and O–H groups in total. The first kappa shape index (κ1) is 25.9. The zero-order valence-corrected chi connectivity index (χ0v) is 18.3. The molecule has 1 aliphatic carbocycles. The molecule has 1 unspecified atom stereocenters. The molecule has 2 saturated heterocycles. The van der Waals surface area contributed by atoms with Crippen LogP contribution in [0, 0.1) is 11.3 Å². The number of aliphatic carboxylic acids is 1. The second-order valence-electron chi connectivity index (χ2n) is 8.90. The third-order valence-electron chi connectivity index (χ3n) is 6.33. The number of alkyl halides is 3. The number of nitrogens with zero attached hydrogens (tertiary/aromatic N) is 2. The Labute approximate surface area is 181 Å². The van der Waals surface area contributed by atoms with E-state index in [1.807, 2.05) is 0 Å². The van der Waals surface area contributed by atoms with E-state index in [-0.39, 0.29) is 5.41 Å². The maximum absolute atomic E-state index is 12.8. The first-order valence-electron chi connectivity index (χ1n) is 11.0. The van der Waals surface area contributed by atoms with Crippen molar-refractivity contribution >= 4 is 11.9 Å². The Kier molecular flexibility index (Phi) is 10.0. The lowest BCUT2D eigenvalue weighted by Gasteiger charge is -2.44. The topological polar surface area (TPSA) is 79.3 Å². The fourth-order valence-corrected chi connectivity index (χ4v) is 4.75. The van der Waals surface area contributed by atoms with Gasteiger partial charge >= 0.3 is 12.1 Å². The van der Waals surface area contributed by atoms with Crippen molar-refractivity contribution in [1.82, 2.24) is 9.80 Å². The molecule has 180 valence electrons. The minimum absolute atomic E-state index is 0.119. The molecule has 2 aliphatic heterocycles. The van der Waals surface area contributed by atoms with Gasteiger partial charge in [0.05, 0.1) is 19.8 Å². The van der Waals surface area contributed by atoms with Gasteiger partial charge in [-0.05, 0) is 31.6 Å². The van der Waals surface area contributed by atoms with Gasteiger partial charge in [-0.1, -0.05) is 12.8 Å². The number of piperidine rings is 1. The number of carbonyl (C=O) groups is 2. The quantitative estimate of drug-likeness (QED) is 0.691. The van der Waals surface area contributed by atoms with Gasteiger partial charge in [-0.2, -0.15) is 13.2 Å². The minimum Gasteiger partial charge on any atom is -0.475 e. The highest BCUT2D eigenvalue weighted by Crippen LogP contribution is 2.34. The van der Waals surface area contributed by atoms with Crippen molar-refractivity contribution in [3.05, 3.63) is 0 Å². The highest BCUT2D eigenvalue weighted by atomic mass is 19.4. The van der Waals surface area contributed by atoms with Crippen LogP contribution in [0.25, 0.3) is 0 Å². The van der Waals surface area contributed by atoms with Crippen LogP contribution in [0.5, 0.6) is 0 Å². The number of rotatable bonds is 5. The molecule has 1 saturated carbocycles. The average Bonchev–Trinajstić information content (AvgIpc) is 3.14. The largest absolute Gasteiger partial charge is 0.490 e. The molecule has 0 aromatic rings. The van der Waals surface area contributed by atoms with E-state index >= 15 is 0 Å². The highest BCUT2D eigenvalue weighted by molar-refractivity contribution is 5.76. The maximum atomic E-state index is 12.8. The smallest absolute Gasteiger partial charge is 0.475 e. The SMILES string of the molecule is COCCN1CCOCC2(CCCN(C(=O)CC3CCCC3)C2)C1.O=C(O)C(F)(F)F. The fraction of sp³-hybridized carbons (Fsp3) is 0.905. The van der Waals surface area contributed by atoms with E-state index in [4.69, 9.17) is 19.4 Å². The maximum Gasteiger partial charge on any atom is 0.490 e. The van der Waals surface area contributed by atoms with E-state index in [0.29, 0.717) is 11.8 Å². The molecule has 1 amide bonds. The molecule has 3 rings (SSSR count). The molecule has 3 aliphatic rings. The predicted octanol–water partition coefficient (Wildman–Crippen LogP) is 2.79. The highest BCUT2D eigenvalue weighted by Gasteiger charge is 2.40. The average molecular weight is 453 g/mol. The Balaban J connectivity index is 0.000000423. The van der Waals surface area contributed by atoms with Crippen LogP contribution in [0.3, 0.4) is 0 Å². The fourth-order valence-electron chi connectivity index (χ4n) is 4.75. The van der Waals surface area contributed by atoms with E-state index in [2.05, 4.69) is 9.80 Å². The molecule has 31 heavy (non-hydrogen) atoms. The number of halogens is 3. The van der Waals surface area contributed by atoms with Crippen LogP contribution in [0.2, 0.25) is 0 Å². The Bertz CT molecular complexity index is 584. The molecule has 0 bridgehead atoms. The molecule has 0 aromatic heterocycles. The summed E-state index contributed by atoms with van der Waals surface area (Å²) >= 11 is 0. The molecule has 10 heteroatoms. The van der Waals surface area contributed by atoms with Crippen LogP contribution in [0.1, 0.15) is 44.9 Å². The van der Waals surface area contributed by atoms with Crippen molar-refractivity contribution in [1.29, 1.82) is 0 Å². The van der Waals surface area contributed by atoms with E-state index in [1.165, 1.54) is 32.1 Å². The zero-order chi connectivity index (χ0) is 22.9. The summed E-state index contributed by atoms with van der Waals surface area (Å²) in [6.07, 6.45) is 3.08. The third-order valence-corrected chi connectivity index (χ3v) is 6.33. The van der Waals surface area contributed by atoms with E-state index in [0.717, 1.165) is 65.4 Å². The summed E-state index contributed by atoms with van der Waals surface area (Å²) in [7, 11) is 1.76. The lowest BCUT2D eigenvalue weighted by atomic mass is 9.79. The normalized spacial score (nSPS) is 25.7. The van der Waals surface area contributed by atoms with Crippen LogP contribution in [0.15, 0.2) is 0 Å². The number of amides is 1. The number of carboxylic acid groups (broad SMARTS) is 1. The second-order valence-corrected chi connectivity index (χ2v) is 8.90. The molecule has 1 spiro atoms. The van der Waals surface area contributed by atoms with Crippen molar-refractivity contribution in [2.75, 3.05) is 59.7 Å². The van der Waals surface area contributed by atoms with Gasteiger partial charge in [0.25, 0.3) is 0 Å². The summed E-state index contributed by atoms with van der Waals surface area (Å²) in [6, 6.07) is 0. The lowest BCUT2D eigenvalue weighted by Crippen LogP contribution is -2.52. The summed E-state index contributed by atoms with van der Waals surface area (Å²) in [6.45, 7) is 7.13. The van der Waals surface area contributed by atoms with Crippen molar-refractivity contribution in [3.8, 4) is 0 Å². The Hall–Kier alpha value is -1.39. The van der Waals surface area contributed by atoms with Crippen LogP contribution >= 0.6 is 0 Å². The van der Waals surface area contributed by atoms with Gasteiger partial charge in [0.1, 0.15) is 0 Å².